The standard InChI is InChI=1S/C15H19N3S/c1-2-3-6-9-17-14-11-7-4-5-8-13(11)18-10-12(14)15(16)19/h4-5,7-8,10H,2-3,6,9H2,1H3,(H2,16,19)(H,17,18). The van der Waals surface area contributed by atoms with Gasteiger partial charge >= 0.3 is 0 Å². The van der Waals surface area contributed by atoms with Gasteiger partial charge in [0.15, 0.2) is 0 Å². The van der Waals surface area contributed by atoms with Crippen molar-refractivity contribution in [3.8, 4) is 0 Å². The van der Waals surface area contributed by atoms with Crippen LogP contribution in [-0.2, 0) is 0 Å². The predicted molar refractivity (Wildman–Crippen MR) is 85.6 cm³/mol. The number of aromatic nitrogens is 1. The van der Waals surface area contributed by atoms with E-state index in [-0.39, 0.29) is 0 Å². The fraction of sp³-hybridized carbons (Fsp3) is 0.333. The summed E-state index contributed by atoms with van der Waals surface area (Å²) in [5.41, 5.74) is 8.58. The van der Waals surface area contributed by atoms with E-state index in [4.69, 9.17) is 18.0 Å². The summed E-state index contributed by atoms with van der Waals surface area (Å²) >= 11 is 5.11. The van der Waals surface area contributed by atoms with Crippen LogP contribution in [0.1, 0.15) is 31.7 Å². The molecule has 2 rings (SSSR count). The SMILES string of the molecule is CCCCCNc1c(C(N)=S)cnc2ccccc12. The Labute approximate surface area is 119 Å². The number of anilines is 1. The zero-order valence-corrected chi connectivity index (χ0v) is 12.0. The molecule has 0 fully saturated rings. The van der Waals surface area contributed by atoms with Gasteiger partial charge in [-0.1, -0.05) is 50.2 Å². The molecule has 3 nitrogen and oxygen atoms in total. The number of rotatable bonds is 6. The average molecular weight is 273 g/mol. The summed E-state index contributed by atoms with van der Waals surface area (Å²) in [5, 5.41) is 4.54. The molecule has 19 heavy (non-hydrogen) atoms. The molecule has 0 atom stereocenters. The number of benzene rings is 1. The van der Waals surface area contributed by atoms with E-state index in [1.54, 1.807) is 6.20 Å². The van der Waals surface area contributed by atoms with Crippen molar-refractivity contribution < 1.29 is 0 Å². The second-order valence-corrected chi connectivity index (χ2v) is 5.00. The van der Waals surface area contributed by atoms with Gasteiger partial charge in [0.1, 0.15) is 4.99 Å². The van der Waals surface area contributed by atoms with Gasteiger partial charge in [0, 0.05) is 18.1 Å². The van der Waals surface area contributed by atoms with Gasteiger partial charge in [-0.2, -0.15) is 0 Å². The molecule has 0 saturated carbocycles. The molecule has 3 N–H and O–H groups in total. The number of para-hydroxylation sites is 1. The van der Waals surface area contributed by atoms with E-state index >= 15 is 0 Å². The number of fused-ring (bicyclic) bond motifs is 1. The number of unbranched alkanes of at least 4 members (excludes halogenated alkanes) is 2. The minimum absolute atomic E-state index is 0.385. The molecular formula is C15H19N3S. The highest BCUT2D eigenvalue weighted by Gasteiger charge is 2.10. The Balaban J connectivity index is 2.35. The van der Waals surface area contributed by atoms with Crippen molar-refractivity contribution in [1.29, 1.82) is 0 Å². The molecular weight excluding hydrogens is 254 g/mol. The maximum absolute atomic E-state index is 5.79. The number of nitrogens with one attached hydrogen (secondary N) is 1. The third kappa shape index (κ3) is 3.20. The number of pyridine rings is 1. The molecule has 1 heterocycles. The monoisotopic (exact) mass is 273 g/mol. The van der Waals surface area contributed by atoms with Crippen LogP contribution in [0.15, 0.2) is 30.5 Å². The predicted octanol–water partition coefficient (Wildman–Crippen LogP) is 3.47. The van der Waals surface area contributed by atoms with E-state index in [9.17, 15) is 0 Å². The van der Waals surface area contributed by atoms with Crippen molar-refractivity contribution in [2.45, 2.75) is 26.2 Å². The first kappa shape index (κ1) is 13.7. The Morgan fingerprint density at radius 2 is 2.11 bits per heavy atom. The Morgan fingerprint density at radius 1 is 1.32 bits per heavy atom. The highest BCUT2D eigenvalue weighted by Crippen LogP contribution is 2.25. The lowest BCUT2D eigenvalue weighted by molar-refractivity contribution is 0.744. The Kier molecular flexibility index (Phi) is 4.68. The van der Waals surface area contributed by atoms with E-state index in [2.05, 4.69) is 17.2 Å². The van der Waals surface area contributed by atoms with Crippen LogP contribution < -0.4 is 11.1 Å². The number of hydrogen-bond acceptors (Lipinski definition) is 3. The van der Waals surface area contributed by atoms with Crippen LogP contribution in [-0.4, -0.2) is 16.5 Å². The lowest BCUT2D eigenvalue weighted by Crippen LogP contribution is -2.14. The fourth-order valence-corrected chi connectivity index (χ4v) is 2.26. The molecule has 0 bridgehead atoms. The summed E-state index contributed by atoms with van der Waals surface area (Å²) in [6.07, 6.45) is 5.33. The van der Waals surface area contributed by atoms with Crippen molar-refractivity contribution in [2.75, 3.05) is 11.9 Å². The van der Waals surface area contributed by atoms with E-state index in [0.717, 1.165) is 35.1 Å². The Morgan fingerprint density at radius 3 is 2.84 bits per heavy atom. The second kappa shape index (κ2) is 6.48. The van der Waals surface area contributed by atoms with Gasteiger partial charge in [-0.3, -0.25) is 4.98 Å². The summed E-state index contributed by atoms with van der Waals surface area (Å²) in [7, 11) is 0. The molecule has 0 spiro atoms. The summed E-state index contributed by atoms with van der Waals surface area (Å²) in [4.78, 5) is 4.79. The van der Waals surface area contributed by atoms with E-state index < -0.39 is 0 Å². The average Bonchev–Trinajstić information content (AvgIpc) is 2.43. The van der Waals surface area contributed by atoms with E-state index in [0.29, 0.717) is 4.99 Å². The van der Waals surface area contributed by atoms with Crippen LogP contribution in [0.3, 0.4) is 0 Å². The van der Waals surface area contributed by atoms with Gasteiger partial charge in [-0.05, 0) is 12.5 Å². The molecule has 0 saturated heterocycles. The van der Waals surface area contributed by atoms with Crippen molar-refractivity contribution >= 4 is 33.8 Å². The van der Waals surface area contributed by atoms with Crippen molar-refractivity contribution in [3.63, 3.8) is 0 Å². The number of nitrogens with two attached hydrogens (primary N) is 1. The zero-order chi connectivity index (χ0) is 13.7. The first-order valence-electron chi connectivity index (χ1n) is 6.65. The molecule has 0 aliphatic heterocycles. The molecule has 4 heteroatoms. The molecule has 0 aliphatic rings. The lowest BCUT2D eigenvalue weighted by atomic mass is 10.1. The van der Waals surface area contributed by atoms with Gasteiger partial charge < -0.3 is 11.1 Å². The summed E-state index contributed by atoms with van der Waals surface area (Å²) in [5.74, 6) is 0. The van der Waals surface area contributed by atoms with Crippen LogP contribution in [0.4, 0.5) is 5.69 Å². The van der Waals surface area contributed by atoms with Crippen LogP contribution in [0, 0.1) is 0 Å². The number of hydrogen-bond donors (Lipinski definition) is 2. The van der Waals surface area contributed by atoms with Gasteiger partial charge in [0.05, 0.1) is 16.8 Å². The maximum Gasteiger partial charge on any atom is 0.107 e. The van der Waals surface area contributed by atoms with Crippen LogP contribution in [0.5, 0.6) is 0 Å². The number of thiocarbonyl (C=S) groups is 1. The Hall–Kier alpha value is -1.68. The molecule has 2 aromatic rings. The zero-order valence-electron chi connectivity index (χ0n) is 11.1. The molecule has 1 aromatic heterocycles. The van der Waals surface area contributed by atoms with Crippen molar-refractivity contribution in [3.05, 3.63) is 36.0 Å². The van der Waals surface area contributed by atoms with E-state index in [1.807, 2.05) is 24.3 Å². The van der Waals surface area contributed by atoms with Crippen LogP contribution in [0.2, 0.25) is 0 Å². The normalized spacial score (nSPS) is 10.6. The second-order valence-electron chi connectivity index (χ2n) is 4.56. The summed E-state index contributed by atoms with van der Waals surface area (Å²) in [6, 6.07) is 8.03. The van der Waals surface area contributed by atoms with E-state index in [1.165, 1.54) is 12.8 Å². The van der Waals surface area contributed by atoms with Gasteiger partial charge in [0.2, 0.25) is 0 Å². The Bertz CT molecular complexity index is 581. The quantitative estimate of drug-likeness (QED) is 0.625. The third-order valence-corrected chi connectivity index (χ3v) is 3.34. The smallest absolute Gasteiger partial charge is 0.107 e. The summed E-state index contributed by atoms with van der Waals surface area (Å²) < 4.78 is 0. The summed E-state index contributed by atoms with van der Waals surface area (Å²) in [6.45, 7) is 3.12. The molecule has 0 unspecified atom stereocenters. The lowest BCUT2D eigenvalue weighted by Gasteiger charge is -2.13. The highest BCUT2D eigenvalue weighted by atomic mass is 32.1. The van der Waals surface area contributed by atoms with Gasteiger partial charge in [0.25, 0.3) is 0 Å². The minimum Gasteiger partial charge on any atom is -0.389 e. The molecule has 1 aromatic carbocycles. The first-order chi connectivity index (χ1) is 9.24. The van der Waals surface area contributed by atoms with Gasteiger partial charge in [-0.15, -0.1) is 0 Å². The van der Waals surface area contributed by atoms with Crippen molar-refractivity contribution in [1.82, 2.24) is 4.98 Å². The third-order valence-electron chi connectivity index (χ3n) is 3.12. The maximum atomic E-state index is 5.79. The molecule has 0 radical (unpaired) electrons. The van der Waals surface area contributed by atoms with Crippen molar-refractivity contribution in [2.24, 2.45) is 5.73 Å². The molecule has 0 aliphatic carbocycles. The minimum atomic E-state index is 0.385. The van der Waals surface area contributed by atoms with Crippen LogP contribution >= 0.6 is 12.2 Å². The topological polar surface area (TPSA) is 50.9 Å². The molecule has 100 valence electrons. The largest absolute Gasteiger partial charge is 0.389 e. The van der Waals surface area contributed by atoms with Gasteiger partial charge in [-0.25, -0.2) is 0 Å². The molecule has 0 amide bonds. The number of nitrogens with zero attached hydrogens (tertiary/aromatic N) is 1. The first-order valence-corrected chi connectivity index (χ1v) is 7.06. The highest BCUT2D eigenvalue weighted by molar-refractivity contribution is 7.80. The van der Waals surface area contributed by atoms with Crippen LogP contribution in [0.25, 0.3) is 10.9 Å². The fourth-order valence-electron chi connectivity index (χ4n) is 2.11.